The second kappa shape index (κ2) is 7.40. The zero-order chi connectivity index (χ0) is 20.8. The summed E-state index contributed by atoms with van der Waals surface area (Å²) in [5.41, 5.74) is 1.39. The van der Waals surface area contributed by atoms with Crippen LogP contribution in [0.1, 0.15) is 29.4 Å². The topological polar surface area (TPSA) is 83.2 Å². The van der Waals surface area contributed by atoms with Crippen molar-refractivity contribution < 1.29 is 23.4 Å². The summed E-state index contributed by atoms with van der Waals surface area (Å²) in [5.74, 6) is 0.383. The van der Waals surface area contributed by atoms with E-state index in [1.807, 2.05) is 35.9 Å². The number of aliphatic hydroxyl groups is 2. The van der Waals surface area contributed by atoms with Crippen molar-refractivity contribution in [3.63, 3.8) is 0 Å². The third-order valence-corrected chi connectivity index (χ3v) is 5.57. The molecule has 2 heterocycles. The maximum absolute atomic E-state index is 12.8. The maximum Gasteiger partial charge on any atom is 0.433 e. The highest BCUT2D eigenvalue weighted by Crippen LogP contribution is 2.36. The molecule has 1 aromatic carbocycles. The van der Waals surface area contributed by atoms with Gasteiger partial charge < -0.3 is 20.1 Å². The first kappa shape index (κ1) is 19.8. The van der Waals surface area contributed by atoms with Crippen LogP contribution < -0.4 is 5.32 Å². The number of hydrogen-bond donors (Lipinski definition) is 3. The van der Waals surface area contributed by atoms with Crippen LogP contribution in [0.2, 0.25) is 0 Å². The number of aromatic nitrogens is 3. The Kier molecular flexibility index (Phi) is 5.05. The molecule has 154 valence electrons. The summed E-state index contributed by atoms with van der Waals surface area (Å²) in [6.45, 7) is 0.337. The number of nitrogens with zero attached hydrogens (tertiary/aromatic N) is 3. The molecule has 9 heteroatoms. The molecule has 3 N–H and O–H groups in total. The fourth-order valence-electron chi connectivity index (χ4n) is 3.98. The number of imidazole rings is 1. The Morgan fingerprint density at radius 3 is 2.59 bits per heavy atom. The van der Waals surface area contributed by atoms with Gasteiger partial charge in [0.2, 0.25) is 0 Å². The van der Waals surface area contributed by atoms with Crippen LogP contribution in [-0.4, -0.2) is 43.0 Å². The molecule has 1 fully saturated rings. The van der Waals surface area contributed by atoms with Gasteiger partial charge in [0.15, 0.2) is 0 Å². The van der Waals surface area contributed by atoms with E-state index >= 15 is 0 Å². The van der Waals surface area contributed by atoms with Gasteiger partial charge in [-0.1, -0.05) is 18.2 Å². The van der Waals surface area contributed by atoms with Crippen LogP contribution in [-0.2, 0) is 19.8 Å². The third kappa shape index (κ3) is 3.73. The molecule has 6 nitrogen and oxygen atoms in total. The molecule has 3 aromatic rings. The number of hydrogen-bond acceptors (Lipinski definition) is 5. The van der Waals surface area contributed by atoms with Gasteiger partial charge in [-0.3, -0.25) is 4.98 Å². The molecule has 1 aliphatic carbocycles. The van der Waals surface area contributed by atoms with Gasteiger partial charge in [0, 0.05) is 25.2 Å². The molecule has 2 aromatic heterocycles. The van der Waals surface area contributed by atoms with E-state index in [2.05, 4.69) is 15.3 Å². The average molecular weight is 406 g/mol. The summed E-state index contributed by atoms with van der Waals surface area (Å²) in [7, 11) is 1.89. The fraction of sp³-hybridized carbons (Fsp3) is 0.400. The highest BCUT2D eigenvalue weighted by atomic mass is 19.4. The molecular formula is C20H21F3N4O2. The van der Waals surface area contributed by atoms with E-state index in [1.165, 1.54) is 12.3 Å². The number of fused-ring (bicyclic) bond motifs is 1. The highest BCUT2D eigenvalue weighted by Gasteiger charge is 2.42. The van der Waals surface area contributed by atoms with Gasteiger partial charge >= 0.3 is 6.18 Å². The number of aliphatic hydroxyl groups excluding tert-OH is 2. The van der Waals surface area contributed by atoms with Gasteiger partial charge in [-0.25, -0.2) is 4.98 Å². The molecular weight excluding hydrogens is 385 g/mol. The van der Waals surface area contributed by atoms with Crippen molar-refractivity contribution in [2.45, 2.75) is 43.3 Å². The van der Waals surface area contributed by atoms with E-state index in [1.54, 1.807) is 0 Å². The molecule has 1 aliphatic rings. The number of benzene rings is 1. The quantitative estimate of drug-likeness (QED) is 0.620. The van der Waals surface area contributed by atoms with Crippen LogP contribution >= 0.6 is 0 Å². The zero-order valence-electron chi connectivity index (χ0n) is 15.6. The third-order valence-electron chi connectivity index (χ3n) is 5.57. The molecule has 1 saturated carbocycles. The number of pyridine rings is 1. The van der Waals surface area contributed by atoms with Gasteiger partial charge in [0.1, 0.15) is 11.5 Å². The fourth-order valence-corrected chi connectivity index (χ4v) is 3.98. The normalized spacial score (nSPS) is 25.0. The van der Waals surface area contributed by atoms with Gasteiger partial charge in [-0.2, -0.15) is 13.2 Å². The van der Waals surface area contributed by atoms with E-state index in [9.17, 15) is 23.4 Å². The zero-order valence-corrected chi connectivity index (χ0v) is 15.6. The predicted molar refractivity (Wildman–Crippen MR) is 100.0 cm³/mol. The minimum absolute atomic E-state index is 0.231. The Balaban J connectivity index is 1.55. The Labute approximate surface area is 165 Å². The van der Waals surface area contributed by atoms with Crippen LogP contribution in [0.5, 0.6) is 0 Å². The predicted octanol–water partition coefficient (Wildman–Crippen LogP) is 2.35. The van der Waals surface area contributed by atoms with Crippen molar-refractivity contribution in [3.05, 3.63) is 59.7 Å². The van der Waals surface area contributed by atoms with Gasteiger partial charge in [-0.05, 0) is 30.2 Å². The maximum atomic E-state index is 12.8. The molecule has 0 aliphatic heterocycles. The molecule has 0 spiro atoms. The van der Waals surface area contributed by atoms with Gasteiger partial charge in [-0.15, -0.1) is 0 Å². The van der Waals surface area contributed by atoms with Crippen LogP contribution in [0.3, 0.4) is 0 Å². The van der Waals surface area contributed by atoms with Gasteiger partial charge in [0.25, 0.3) is 0 Å². The molecule has 4 rings (SSSR count). The SMILES string of the molecule is Cn1c(CN[C@H]2[C@H](O)[C@H](O)C[C@@H]2c2ccc(C(F)(F)F)nc2)nc2ccccc21. The first-order chi connectivity index (χ1) is 13.8. The lowest BCUT2D eigenvalue weighted by Gasteiger charge is -2.24. The van der Waals surface area contributed by atoms with Crippen molar-refractivity contribution in [1.29, 1.82) is 0 Å². The first-order valence-corrected chi connectivity index (χ1v) is 9.28. The van der Waals surface area contributed by atoms with Crippen LogP contribution in [0.25, 0.3) is 11.0 Å². The lowest BCUT2D eigenvalue weighted by Crippen LogP contribution is -2.42. The van der Waals surface area contributed by atoms with Crippen molar-refractivity contribution in [1.82, 2.24) is 19.9 Å². The van der Waals surface area contributed by atoms with E-state index in [0.29, 0.717) is 12.1 Å². The second-order valence-corrected chi connectivity index (χ2v) is 7.36. The lowest BCUT2D eigenvalue weighted by atomic mass is 9.94. The number of nitrogens with one attached hydrogen (secondary N) is 1. The Hall–Kier alpha value is -2.49. The lowest BCUT2D eigenvalue weighted by molar-refractivity contribution is -0.141. The molecule has 0 bridgehead atoms. The van der Waals surface area contributed by atoms with E-state index in [4.69, 9.17) is 0 Å². The summed E-state index contributed by atoms with van der Waals surface area (Å²) in [6, 6.07) is 9.43. The molecule has 0 amide bonds. The summed E-state index contributed by atoms with van der Waals surface area (Å²) < 4.78 is 40.2. The summed E-state index contributed by atoms with van der Waals surface area (Å²) in [6.07, 6.45) is -5.13. The van der Waals surface area contributed by atoms with E-state index < -0.39 is 30.1 Å². The Morgan fingerprint density at radius 2 is 1.93 bits per heavy atom. The number of para-hydroxylation sites is 2. The number of aryl methyl sites for hydroxylation is 1. The summed E-state index contributed by atoms with van der Waals surface area (Å²) >= 11 is 0. The van der Waals surface area contributed by atoms with Crippen LogP contribution in [0.15, 0.2) is 42.6 Å². The largest absolute Gasteiger partial charge is 0.433 e. The highest BCUT2D eigenvalue weighted by molar-refractivity contribution is 5.75. The number of alkyl halides is 3. The molecule has 0 unspecified atom stereocenters. The smallest absolute Gasteiger partial charge is 0.390 e. The first-order valence-electron chi connectivity index (χ1n) is 9.28. The van der Waals surface area contributed by atoms with E-state index in [-0.39, 0.29) is 12.3 Å². The number of halogens is 3. The van der Waals surface area contributed by atoms with Crippen molar-refractivity contribution in [2.24, 2.45) is 7.05 Å². The Morgan fingerprint density at radius 1 is 1.17 bits per heavy atom. The van der Waals surface area contributed by atoms with Crippen LogP contribution in [0.4, 0.5) is 13.2 Å². The minimum Gasteiger partial charge on any atom is -0.390 e. The molecule has 0 radical (unpaired) electrons. The molecule has 29 heavy (non-hydrogen) atoms. The molecule has 0 saturated heterocycles. The van der Waals surface area contributed by atoms with Crippen LogP contribution in [0, 0.1) is 0 Å². The number of rotatable bonds is 4. The monoisotopic (exact) mass is 406 g/mol. The molecule has 4 atom stereocenters. The standard InChI is InChI=1S/C20H21F3N4O2/c1-27-14-5-3-2-4-13(14)26-17(27)10-25-18-12(8-15(28)19(18)29)11-6-7-16(24-9-11)20(21,22)23/h2-7,9,12,15,18-19,25,28-29H,8,10H2,1H3/t12-,15-,18-,19-/m1/s1. The minimum atomic E-state index is -4.51. The average Bonchev–Trinajstić information content (AvgIpc) is 3.16. The summed E-state index contributed by atoms with van der Waals surface area (Å²) in [4.78, 5) is 8.08. The van der Waals surface area contributed by atoms with Gasteiger partial charge in [0.05, 0.1) is 29.8 Å². The summed E-state index contributed by atoms with van der Waals surface area (Å²) in [5, 5.41) is 23.8. The van der Waals surface area contributed by atoms with E-state index in [0.717, 1.165) is 22.9 Å². The van der Waals surface area contributed by atoms with Crippen molar-refractivity contribution in [3.8, 4) is 0 Å². The van der Waals surface area contributed by atoms with Crippen molar-refractivity contribution in [2.75, 3.05) is 0 Å². The van der Waals surface area contributed by atoms with Crippen molar-refractivity contribution >= 4 is 11.0 Å². The Bertz CT molecular complexity index is 1000. The second-order valence-electron chi connectivity index (χ2n) is 7.36.